The highest BCUT2D eigenvalue weighted by Crippen LogP contribution is 2.34. The average molecular weight is 251 g/mol. The summed E-state index contributed by atoms with van der Waals surface area (Å²) in [6.45, 7) is 0. The van der Waals surface area contributed by atoms with Crippen LogP contribution in [0.2, 0.25) is 0 Å². The molecule has 1 aliphatic rings. The van der Waals surface area contributed by atoms with E-state index >= 15 is 0 Å². The predicted octanol–water partition coefficient (Wildman–Crippen LogP) is 4.75. The van der Waals surface area contributed by atoms with Gasteiger partial charge in [0.25, 0.3) is 0 Å². The van der Waals surface area contributed by atoms with E-state index in [1.165, 1.54) is 42.4 Å². The second-order valence-corrected chi connectivity index (χ2v) is 5.34. The quantitative estimate of drug-likeness (QED) is 0.834. The summed E-state index contributed by atoms with van der Waals surface area (Å²) in [6, 6.07) is 16.2. The van der Waals surface area contributed by atoms with Crippen LogP contribution in [0.15, 0.2) is 48.5 Å². The number of phenolic OH excluding ortho intramolecular Hbond substituents is 1. The van der Waals surface area contributed by atoms with Gasteiger partial charge in [-0.05, 0) is 54.0 Å². The highest BCUT2D eigenvalue weighted by Gasteiger charge is 2.18. The monoisotopic (exact) mass is 251 g/mol. The summed E-state index contributed by atoms with van der Waals surface area (Å²) in [5.74, 6) is 2.00. The molecule has 0 saturated heterocycles. The molecule has 19 heavy (non-hydrogen) atoms. The molecule has 0 aromatic heterocycles. The Kier molecular flexibility index (Phi) is 3.54. The van der Waals surface area contributed by atoms with Crippen molar-refractivity contribution in [3.63, 3.8) is 0 Å². The maximum atomic E-state index is 9.75. The third-order valence-corrected chi connectivity index (χ3v) is 3.92. The van der Waals surface area contributed by atoms with Crippen molar-refractivity contribution in [2.75, 3.05) is 0 Å². The molecule has 0 spiro atoms. The standard InChI is InChI=1S/C18H19O/c19-17-10-11-18(15-8-2-1-3-9-15)16(13-17)12-14-6-4-5-7-14/h1-3,8-11,13,19H,4-7,12H2. The first-order valence-corrected chi connectivity index (χ1v) is 7.04. The number of benzene rings is 2. The maximum Gasteiger partial charge on any atom is 0.115 e. The Hall–Kier alpha value is -1.76. The molecule has 0 heterocycles. The molecule has 0 bridgehead atoms. The smallest absolute Gasteiger partial charge is 0.115 e. The summed E-state index contributed by atoms with van der Waals surface area (Å²) in [6.07, 6.45) is 6.18. The van der Waals surface area contributed by atoms with Crippen LogP contribution in [0, 0.1) is 5.92 Å². The van der Waals surface area contributed by atoms with E-state index in [1.807, 2.05) is 18.2 Å². The molecule has 1 N–H and O–H groups in total. The van der Waals surface area contributed by atoms with Gasteiger partial charge in [-0.1, -0.05) is 49.2 Å². The topological polar surface area (TPSA) is 20.2 Å². The van der Waals surface area contributed by atoms with Gasteiger partial charge in [-0.2, -0.15) is 0 Å². The molecule has 1 nitrogen and oxygen atoms in total. The lowest BCUT2D eigenvalue weighted by molar-refractivity contribution is 0.474. The summed E-state index contributed by atoms with van der Waals surface area (Å²) in [7, 11) is 0. The number of phenols is 1. The number of hydrogen-bond acceptors (Lipinski definition) is 1. The molecule has 1 aliphatic carbocycles. The van der Waals surface area contributed by atoms with Crippen molar-refractivity contribution in [3.05, 3.63) is 60.0 Å². The Labute approximate surface area is 114 Å². The average Bonchev–Trinajstić information content (AvgIpc) is 2.93. The molecule has 0 aliphatic heterocycles. The Balaban J connectivity index is 1.94. The Morgan fingerprint density at radius 1 is 0.895 bits per heavy atom. The summed E-state index contributed by atoms with van der Waals surface area (Å²) in [4.78, 5) is 0. The molecule has 3 rings (SSSR count). The van der Waals surface area contributed by atoms with Crippen molar-refractivity contribution in [1.29, 1.82) is 0 Å². The summed E-state index contributed by atoms with van der Waals surface area (Å²) >= 11 is 0. The lowest BCUT2D eigenvalue weighted by Gasteiger charge is -2.14. The Morgan fingerprint density at radius 3 is 2.37 bits per heavy atom. The van der Waals surface area contributed by atoms with Crippen molar-refractivity contribution in [3.8, 4) is 16.9 Å². The minimum absolute atomic E-state index is 0.369. The molecule has 2 aromatic rings. The molecule has 1 fully saturated rings. The second kappa shape index (κ2) is 5.48. The number of hydrogen-bond donors (Lipinski definition) is 1. The van der Waals surface area contributed by atoms with Crippen LogP contribution in [0.25, 0.3) is 11.1 Å². The highest BCUT2D eigenvalue weighted by atomic mass is 16.3. The first-order chi connectivity index (χ1) is 9.33. The highest BCUT2D eigenvalue weighted by molar-refractivity contribution is 5.68. The van der Waals surface area contributed by atoms with E-state index in [-0.39, 0.29) is 0 Å². The predicted molar refractivity (Wildman–Crippen MR) is 79.0 cm³/mol. The van der Waals surface area contributed by atoms with E-state index in [1.54, 1.807) is 12.0 Å². The van der Waals surface area contributed by atoms with Gasteiger partial charge < -0.3 is 5.11 Å². The lowest BCUT2D eigenvalue weighted by Crippen LogP contribution is -1.98. The van der Waals surface area contributed by atoms with Gasteiger partial charge in [0.1, 0.15) is 5.75 Å². The zero-order valence-electron chi connectivity index (χ0n) is 11.1. The van der Waals surface area contributed by atoms with Gasteiger partial charge in [-0.3, -0.25) is 0 Å². The molecule has 2 aromatic carbocycles. The lowest BCUT2D eigenvalue weighted by atomic mass is 9.91. The van der Waals surface area contributed by atoms with Gasteiger partial charge in [0, 0.05) is 0 Å². The largest absolute Gasteiger partial charge is 0.508 e. The summed E-state index contributed by atoms with van der Waals surface area (Å²) in [5.41, 5.74) is 3.73. The van der Waals surface area contributed by atoms with Gasteiger partial charge in [0.2, 0.25) is 0 Å². The van der Waals surface area contributed by atoms with E-state index in [4.69, 9.17) is 0 Å². The number of rotatable bonds is 3. The summed E-state index contributed by atoms with van der Waals surface area (Å²) in [5, 5.41) is 9.75. The maximum absolute atomic E-state index is 9.75. The number of aromatic hydroxyl groups is 1. The van der Waals surface area contributed by atoms with Crippen molar-refractivity contribution >= 4 is 0 Å². The third kappa shape index (κ3) is 2.81. The van der Waals surface area contributed by atoms with Crippen LogP contribution >= 0.6 is 0 Å². The van der Waals surface area contributed by atoms with Crippen molar-refractivity contribution < 1.29 is 5.11 Å². The van der Waals surface area contributed by atoms with Crippen LogP contribution in [-0.2, 0) is 6.42 Å². The second-order valence-electron chi connectivity index (χ2n) is 5.34. The molecule has 0 atom stereocenters. The molecular formula is C18H19O. The fraction of sp³-hybridized carbons (Fsp3) is 0.278. The van der Waals surface area contributed by atoms with Crippen molar-refractivity contribution in [2.45, 2.75) is 32.1 Å². The van der Waals surface area contributed by atoms with E-state index < -0.39 is 0 Å². The van der Waals surface area contributed by atoms with E-state index in [0.29, 0.717) is 5.75 Å². The first kappa shape index (κ1) is 12.3. The molecule has 0 unspecified atom stereocenters. The molecule has 1 radical (unpaired) electrons. The molecule has 1 saturated carbocycles. The van der Waals surface area contributed by atoms with Crippen LogP contribution in [0.4, 0.5) is 0 Å². The molecule has 1 heteroatoms. The van der Waals surface area contributed by atoms with Gasteiger partial charge in [-0.15, -0.1) is 0 Å². The summed E-state index contributed by atoms with van der Waals surface area (Å²) < 4.78 is 0. The minimum Gasteiger partial charge on any atom is -0.508 e. The van der Waals surface area contributed by atoms with Gasteiger partial charge in [-0.25, -0.2) is 0 Å². The van der Waals surface area contributed by atoms with Crippen LogP contribution in [0.5, 0.6) is 5.75 Å². The van der Waals surface area contributed by atoms with Crippen LogP contribution < -0.4 is 0 Å². The van der Waals surface area contributed by atoms with Gasteiger partial charge in [0.15, 0.2) is 0 Å². The van der Waals surface area contributed by atoms with Gasteiger partial charge >= 0.3 is 0 Å². The van der Waals surface area contributed by atoms with E-state index in [2.05, 4.69) is 24.3 Å². The zero-order valence-corrected chi connectivity index (χ0v) is 11.1. The SMILES string of the molecule is Oc1ccc(-c2ccccc2)c(C[C]2CCCC2)c1. The Morgan fingerprint density at radius 2 is 1.63 bits per heavy atom. The van der Waals surface area contributed by atoms with E-state index in [9.17, 15) is 5.11 Å². The van der Waals surface area contributed by atoms with Crippen LogP contribution in [-0.4, -0.2) is 5.11 Å². The van der Waals surface area contributed by atoms with Crippen molar-refractivity contribution in [1.82, 2.24) is 0 Å². The van der Waals surface area contributed by atoms with Crippen LogP contribution in [0.3, 0.4) is 0 Å². The van der Waals surface area contributed by atoms with Crippen LogP contribution in [0.1, 0.15) is 31.2 Å². The minimum atomic E-state index is 0.369. The molecular weight excluding hydrogens is 232 g/mol. The van der Waals surface area contributed by atoms with E-state index in [0.717, 1.165) is 6.42 Å². The van der Waals surface area contributed by atoms with Gasteiger partial charge in [0.05, 0.1) is 0 Å². The fourth-order valence-corrected chi connectivity index (χ4v) is 2.95. The van der Waals surface area contributed by atoms with Crippen molar-refractivity contribution in [2.24, 2.45) is 0 Å². The Bertz CT molecular complexity index is 539. The molecule has 97 valence electrons. The normalized spacial score (nSPS) is 15.8. The molecule has 0 amide bonds. The zero-order chi connectivity index (χ0) is 13.1. The first-order valence-electron chi connectivity index (χ1n) is 7.04. The fourth-order valence-electron chi connectivity index (χ4n) is 2.95. The third-order valence-electron chi connectivity index (χ3n) is 3.92.